The molecule has 1 aromatic carbocycles. The molecule has 0 aliphatic heterocycles. The van der Waals surface area contributed by atoms with Crippen LogP contribution >= 0.6 is 23.2 Å². The molecule has 22 heavy (non-hydrogen) atoms. The summed E-state index contributed by atoms with van der Waals surface area (Å²) in [6.07, 6.45) is 1.62. The number of urea groups is 1. The molecule has 2 N–H and O–H groups in total. The highest BCUT2D eigenvalue weighted by Gasteiger charge is 2.24. The summed E-state index contributed by atoms with van der Waals surface area (Å²) in [4.78, 5) is 16.0. The fraction of sp³-hybridized carbons (Fsp3) is 0.250. The van der Waals surface area contributed by atoms with Crippen LogP contribution in [0.1, 0.15) is 19.4 Å². The zero-order chi connectivity index (χ0) is 16.2. The van der Waals surface area contributed by atoms with E-state index >= 15 is 0 Å². The fourth-order valence-electron chi connectivity index (χ4n) is 2.03. The van der Waals surface area contributed by atoms with Gasteiger partial charge in [0.25, 0.3) is 0 Å². The van der Waals surface area contributed by atoms with Gasteiger partial charge in [-0.05, 0) is 29.8 Å². The van der Waals surface area contributed by atoms with Crippen LogP contribution in [0.5, 0.6) is 0 Å². The Balaban J connectivity index is 1.98. The topological polar surface area (TPSA) is 54.0 Å². The van der Waals surface area contributed by atoms with Gasteiger partial charge in [-0.3, -0.25) is 5.32 Å². The predicted octanol–water partition coefficient (Wildman–Crippen LogP) is 4.49. The first-order valence-electron chi connectivity index (χ1n) is 6.80. The molecular formula is C16H17Cl2N3O. The van der Waals surface area contributed by atoms with Gasteiger partial charge >= 0.3 is 6.03 Å². The van der Waals surface area contributed by atoms with Crippen molar-refractivity contribution in [2.75, 3.05) is 11.9 Å². The maximum atomic E-state index is 11.9. The molecule has 116 valence electrons. The lowest BCUT2D eigenvalue weighted by molar-refractivity contribution is 0.249. The van der Waals surface area contributed by atoms with Crippen LogP contribution in [-0.2, 0) is 5.41 Å². The van der Waals surface area contributed by atoms with E-state index in [9.17, 15) is 4.79 Å². The largest absolute Gasteiger partial charge is 0.337 e. The van der Waals surface area contributed by atoms with Gasteiger partial charge in [0, 0.05) is 28.2 Å². The summed E-state index contributed by atoms with van der Waals surface area (Å²) in [5, 5.41) is 6.68. The molecule has 1 aromatic heterocycles. The molecule has 0 spiro atoms. The van der Waals surface area contributed by atoms with Gasteiger partial charge in [-0.2, -0.15) is 0 Å². The van der Waals surface area contributed by atoms with Gasteiger partial charge in [0.15, 0.2) is 0 Å². The number of nitrogens with one attached hydrogen (secondary N) is 2. The number of halogens is 2. The number of hydrogen-bond acceptors (Lipinski definition) is 2. The van der Waals surface area contributed by atoms with Crippen molar-refractivity contribution in [3.63, 3.8) is 0 Å². The lowest BCUT2D eigenvalue weighted by atomic mass is 9.84. The number of carbonyl (C=O) groups excluding carboxylic acids is 1. The van der Waals surface area contributed by atoms with Crippen LogP contribution in [0.25, 0.3) is 0 Å². The van der Waals surface area contributed by atoms with Gasteiger partial charge in [0.2, 0.25) is 0 Å². The Morgan fingerprint density at radius 2 is 2.00 bits per heavy atom. The number of hydrogen-bond donors (Lipinski definition) is 2. The molecule has 0 atom stereocenters. The summed E-state index contributed by atoms with van der Waals surface area (Å²) >= 11 is 12.2. The summed E-state index contributed by atoms with van der Waals surface area (Å²) in [6, 6.07) is 10.4. The number of carbonyl (C=O) groups is 1. The third kappa shape index (κ3) is 4.36. The zero-order valence-electron chi connectivity index (χ0n) is 12.4. The predicted molar refractivity (Wildman–Crippen MR) is 90.7 cm³/mol. The van der Waals surface area contributed by atoms with Crippen LogP contribution in [-0.4, -0.2) is 17.6 Å². The van der Waals surface area contributed by atoms with Crippen LogP contribution in [0.4, 0.5) is 10.6 Å². The summed E-state index contributed by atoms with van der Waals surface area (Å²) in [6.45, 7) is 4.43. The molecule has 0 fully saturated rings. The van der Waals surface area contributed by atoms with E-state index in [0.717, 1.165) is 5.56 Å². The maximum Gasteiger partial charge on any atom is 0.320 e. The third-order valence-electron chi connectivity index (χ3n) is 3.26. The molecule has 0 unspecified atom stereocenters. The number of anilines is 1. The highest BCUT2D eigenvalue weighted by Crippen LogP contribution is 2.31. The Kier molecular flexibility index (Phi) is 5.27. The third-order valence-corrected chi connectivity index (χ3v) is 3.81. The Morgan fingerprint density at radius 1 is 1.23 bits per heavy atom. The minimum absolute atomic E-state index is 0.308. The lowest BCUT2D eigenvalue weighted by Gasteiger charge is -2.26. The zero-order valence-corrected chi connectivity index (χ0v) is 13.9. The van der Waals surface area contributed by atoms with Crippen LogP contribution in [0.3, 0.4) is 0 Å². The standard InChI is InChI=1S/C16H17Cl2N3O/c1-16(2,12-7-6-11(17)9-13(12)18)10-20-15(22)21-14-5-3-4-8-19-14/h3-9H,10H2,1-2H3,(H2,19,20,21,22). The molecule has 0 saturated carbocycles. The smallest absolute Gasteiger partial charge is 0.320 e. The second kappa shape index (κ2) is 6.99. The van der Waals surface area contributed by atoms with Crippen LogP contribution < -0.4 is 10.6 Å². The average Bonchev–Trinajstić information content (AvgIpc) is 2.46. The van der Waals surface area contributed by atoms with Crippen molar-refractivity contribution in [3.05, 3.63) is 58.2 Å². The number of benzene rings is 1. The van der Waals surface area contributed by atoms with E-state index in [2.05, 4.69) is 15.6 Å². The first kappa shape index (κ1) is 16.6. The molecule has 2 aromatic rings. The fourth-order valence-corrected chi connectivity index (χ4v) is 2.70. The second-order valence-electron chi connectivity index (χ2n) is 5.53. The Morgan fingerprint density at radius 3 is 2.64 bits per heavy atom. The Bertz CT molecular complexity index is 660. The molecule has 4 nitrogen and oxygen atoms in total. The molecule has 0 aliphatic rings. The summed E-state index contributed by atoms with van der Waals surface area (Å²) in [5.41, 5.74) is 0.597. The summed E-state index contributed by atoms with van der Waals surface area (Å²) < 4.78 is 0. The molecule has 2 rings (SSSR count). The summed E-state index contributed by atoms with van der Waals surface area (Å²) in [5.74, 6) is 0.502. The molecule has 0 radical (unpaired) electrons. The van der Waals surface area contributed by atoms with Gasteiger partial charge < -0.3 is 5.32 Å². The number of pyridine rings is 1. The second-order valence-corrected chi connectivity index (χ2v) is 6.37. The van der Waals surface area contributed by atoms with Crippen molar-refractivity contribution in [1.29, 1.82) is 0 Å². The van der Waals surface area contributed by atoms with E-state index in [4.69, 9.17) is 23.2 Å². The molecule has 1 heterocycles. The van der Waals surface area contributed by atoms with Crippen molar-refractivity contribution in [1.82, 2.24) is 10.3 Å². The van der Waals surface area contributed by atoms with Crippen molar-refractivity contribution in [3.8, 4) is 0 Å². The van der Waals surface area contributed by atoms with Gasteiger partial charge in [0.05, 0.1) is 0 Å². The first-order chi connectivity index (χ1) is 10.4. The maximum absolute atomic E-state index is 11.9. The van der Waals surface area contributed by atoms with Gasteiger partial charge in [0.1, 0.15) is 5.82 Å². The molecule has 0 bridgehead atoms. The normalized spacial score (nSPS) is 11.1. The number of amides is 2. The molecular weight excluding hydrogens is 321 g/mol. The number of rotatable bonds is 4. The van der Waals surface area contributed by atoms with Crippen LogP contribution in [0, 0.1) is 0 Å². The van der Waals surface area contributed by atoms with E-state index < -0.39 is 0 Å². The minimum atomic E-state index is -0.330. The highest BCUT2D eigenvalue weighted by atomic mass is 35.5. The number of nitrogens with zero attached hydrogens (tertiary/aromatic N) is 1. The lowest BCUT2D eigenvalue weighted by Crippen LogP contribution is -2.39. The van der Waals surface area contributed by atoms with Gasteiger partial charge in [-0.25, -0.2) is 9.78 Å². The SMILES string of the molecule is CC(C)(CNC(=O)Nc1ccccn1)c1ccc(Cl)cc1Cl. The molecule has 0 aliphatic carbocycles. The Hall–Kier alpha value is -1.78. The van der Waals surface area contributed by atoms with Gasteiger partial charge in [-0.15, -0.1) is 0 Å². The quantitative estimate of drug-likeness (QED) is 0.863. The molecule has 6 heteroatoms. The minimum Gasteiger partial charge on any atom is -0.337 e. The van der Waals surface area contributed by atoms with E-state index in [-0.39, 0.29) is 11.4 Å². The monoisotopic (exact) mass is 337 g/mol. The van der Waals surface area contributed by atoms with Crippen LogP contribution in [0.2, 0.25) is 10.0 Å². The van der Waals surface area contributed by atoms with E-state index in [1.54, 1.807) is 36.5 Å². The average molecular weight is 338 g/mol. The van der Waals surface area contributed by atoms with Crippen molar-refractivity contribution < 1.29 is 4.79 Å². The van der Waals surface area contributed by atoms with Crippen molar-refractivity contribution in [2.45, 2.75) is 19.3 Å². The first-order valence-corrected chi connectivity index (χ1v) is 7.55. The molecule has 2 amide bonds. The van der Waals surface area contributed by atoms with E-state index in [0.29, 0.717) is 22.4 Å². The summed E-state index contributed by atoms with van der Waals surface area (Å²) in [7, 11) is 0. The van der Waals surface area contributed by atoms with E-state index in [1.807, 2.05) is 19.9 Å². The highest BCUT2D eigenvalue weighted by molar-refractivity contribution is 6.35. The van der Waals surface area contributed by atoms with Gasteiger partial charge in [-0.1, -0.05) is 49.2 Å². The van der Waals surface area contributed by atoms with Crippen molar-refractivity contribution >= 4 is 35.1 Å². The van der Waals surface area contributed by atoms with Crippen molar-refractivity contribution in [2.24, 2.45) is 0 Å². The Labute approximate surface area is 139 Å². The van der Waals surface area contributed by atoms with Crippen LogP contribution in [0.15, 0.2) is 42.6 Å². The molecule has 0 saturated heterocycles. The number of aromatic nitrogens is 1. The van der Waals surface area contributed by atoms with E-state index in [1.165, 1.54) is 0 Å².